The van der Waals surface area contributed by atoms with Gasteiger partial charge in [-0.05, 0) is 43.2 Å². The third-order valence-corrected chi connectivity index (χ3v) is 4.56. The zero-order chi connectivity index (χ0) is 16.2. The summed E-state index contributed by atoms with van der Waals surface area (Å²) >= 11 is 0. The predicted molar refractivity (Wildman–Crippen MR) is 84.4 cm³/mol. The van der Waals surface area contributed by atoms with Crippen LogP contribution in [0.3, 0.4) is 0 Å². The van der Waals surface area contributed by atoms with Gasteiger partial charge in [-0.2, -0.15) is 0 Å². The number of hydrogen-bond donors (Lipinski definition) is 2. The van der Waals surface area contributed by atoms with Gasteiger partial charge in [-0.1, -0.05) is 29.8 Å². The number of sulfonamides is 1. The van der Waals surface area contributed by atoms with Crippen molar-refractivity contribution in [2.24, 2.45) is 0 Å². The summed E-state index contributed by atoms with van der Waals surface area (Å²) < 4.78 is 27.0. The number of aryl methyl sites for hydroxylation is 2. The Morgan fingerprint density at radius 3 is 2.18 bits per heavy atom. The van der Waals surface area contributed by atoms with Crippen LogP contribution in [0.25, 0.3) is 0 Å². The molecule has 0 fully saturated rings. The Bertz CT molecular complexity index is 750. The minimum Gasteiger partial charge on any atom is -0.481 e. The van der Waals surface area contributed by atoms with E-state index in [1.807, 2.05) is 6.92 Å². The maximum atomic E-state index is 12.2. The molecule has 2 aromatic carbocycles. The Balaban J connectivity index is 2.09. The minimum atomic E-state index is -3.61. The molecule has 2 rings (SSSR count). The van der Waals surface area contributed by atoms with Crippen LogP contribution in [0, 0.1) is 6.92 Å². The van der Waals surface area contributed by atoms with Gasteiger partial charge in [0, 0.05) is 12.1 Å². The monoisotopic (exact) mass is 319 g/mol. The quantitative estimate of drug-likeness (QED) is 0.857. The van der Waals surface area contributed by atoms with E-state index in [2.05, 4.69) is 4.72 Å². The molecule has 0 heterocycles. The standard InChI is InChI=1S/C16H17NO4S/c1-12-2-9-15(10-3-12)22(20,21)17-14-7-4-13(5-8-14)6-11-16(18)19/h2-5,7-10,17H,6,11H2,1H3,(H,18,19). The summed E-state index contributed by atoms with van der Waals surface area (Å²) in [7, 11) is -3.61. The highest BCUT2D eigenvalue weighted by Crippen LogP contribution is 2.17. The molecule has 0 aliphatic rings. The van der Waals surface area contributed by atoms with Crippen LogP contribution in [0.5, 0.6) is 0 Å². The maximum Gasteiger partial charge on any atom is 0.303 e. The van der Waals surface area contributed by atoms with Crippen molar-refractivity contribution in [2.75, 3.05) is 4.72 Å². The number of carbonyl (C=O) groups is 1. The predicted octanol–water partition coefficient (Wildman–Crippen LogP) is 2.81. The van der Waals surface area contributed by atoms with Gasteiger partial charge in [0.15, 0.2) is 0 Å². The lowest BCUT2D eigenvalue weighted by Crippen LogP contribution is -2.12. The van der Waals surface area contributed by atoms with E-state index >= 15 is 0 Å². The number of carboxylic acids is 1. The van der Waals surface area contributed by atoms with Crippen LogP contribution < -0.4 is 4.72 Å². The van der Waals surface area contributed by atoms with E-state index in [9.17, 15) is 13.2 Å². The normalized spacial score (nSPS) is 11.1. The Labute approximate surface area is 129 Å². The molecule has 0 radical (unpaired) electrons. The van der Waals surface area contributed by atoms with E-state index < -0.39 is 16.0 Å². The molecule has 0 atom stereocenters. The molecule has 0 saturated carbocycles. The van der Waals surface area contributed by atoms with Crippen molar-refractivity contribution in [3.05, 3.63) is 59.7 Å². The zero-order valence-corrected chi connectivity index (χ0v) is 12.9. The third kappa shape index (κ3) is 4.33. The summed E-state index contributed by atoms with van der Waals surface area (Å²) in [6.45, 7) is 1.89. The Kier molecular flexibility index (Phi) is 4.82. The Morgan fingerprint density at radius 1 is 1.05 bits per heavy atom. The van der Waals surface area contributed by atoms with Crippen LogP contribution in [-0.2, 0) is 21.2 Å². The van der Waals surface area contributed by atoms with Gasteiger partial charge in [0.05, 0.1) is 4.90 Å². The molecule has 0 spiro atoms. The first-order chi connectivity index (χ1) is 10.4. The van der Waals surface area contributed by atoms with E-state index in [0.717, 1.165) is 11.1 Å². The SMILES string of the molecule is Cc1ccc(S(=O)(=O)Nc2ccc(CCC(=O)O)cc2)cc1. The Morgan fingerprint density at radius 2 is 1.64 bits per heavy atom. The van der Waals surface area contributed by atoms with Crippen LogP contribution in [0.1, 0.15) is 17.5 Å². The number of hydrogen-bond acceptors (Lipinski definition) is 3. The van der Waals surface area contributed by atoms with E-state index in [1.54, 1.807) is 48.5 Å². The topological polar surface area (TPSA) is 83.5 Å². The average molecular weight is 319 g/mol. The first kappa shape index (κ1) is 16.0. The molecule has 2 aromatic rings. The van der Waals surface area contributed by atoms with Crippen molar-refractivity contribution < 1.29 is 18.3 Å². The highest BCUT2D eigenvalue weighted by atomic mass is 32.2. The van der Waals surface area contributed by atoms with Gasteiger partial charge in [-0.3, -0.25) is 9.52 Å². The molecule has 0 aliphatic heterocycles. The fraction of sp³-hybridized carbons (Fsp3) is 0.188. The molecule has 5 nitrogen and oxygen atoms in total. The third-order valence-electron chi connectivity index (χ3n) is 3.16. The molecule has 116 valence electrons. The van der Waals surface area contributed by atoms with Crippen molar-refractivity contribution >= 4 is 21.7 Å². The van der Waals surface area contributed by atoms with Crippen LogP contribution in [0.4, 0.5) is 5.69 Å². The molecule has 0 aliphatic carbocycles. The van der Waals surface area contributed by atoms with Crippen LogP contribution in [0.15, 0.2) is 53.4 Å². The molecule has 0 bridgehead atoms. The number of carboxylic acid groups (broad SMARTS) is 1. The number of rotatable bonds is 6. The summed E-state index contributed by atoms with van der Waals surface area (Å²) in [5.74, 6) is -0.857. The van der Waals surface area contributed by atoms with Gasteiger partial charge in [-0.15, -0.1) is 0 Å². The van der Waals surface area contributed by atoms with Crippen molar-refractivity contribution in [1.29, 1.82) is 0 Å². The minimum absolute atomic E-state index is 0.0500. The average Bonchev–Trinajstić information content (AvgIpc) is 2.46. The Hall–Kier alpha value is -2.34. The van der Waals surface area contributed by atoms with Crippen molar-refractivity contribution in [3.63, 3.8) is 0 Å². The molecular formula is C16H17NO4S. The number of aliphatic carboxylic acids is 1. The van der Waals surface area contributed by atoms with Crippen LogP contribution >= 0.6 is 0 Å². The second-order valence-electron chi connectivity index (χ2n) is 5.01. The van der Waals surface area contributed by atoms with E-state index in [0.29, 0.717) is 12.1 Å². The van der Waals surface area contributed by atoms with Gasteiger partial charge < -0.3 is 5.11 Å². The molecule has 2 N–H and O–H groups in total. The van der Waals surface area contributed by atoms with E-state index in [4.69, 9.17) is 5.11 Å². The van der Waals surface area contributed by atoms with E-state index in [-0.39, 0.29) is 11.3 Å². The maximum absolute atomic E-state index is 12.2. The zero-order valence-electron chi connectivity index (χ0n) is 12.1. The molecule has 0 amide bonds. The van der Waals surface area contributed by atoms with Gasteiger partial charge in [-0.25, -0.2) is 8.42 Å². The fourth-order valence-electron chi connectivity index (χ4n) is 1.92. The molecular weight excluding hydrogens is 302 g/mol. The molecule has 0 aromatic heterocycles. The number of benzene rings is 2. The summed E-state index contributed by atoms with van der Waals surface area (Å²) in [5, 5.41) is 8.64. The molecule has 22 heavy (non-hydrogen) atoms. The summed E-state index contributed by atoms with van der Waals surface area (Å²) in [4.78, 5) is 10.7. The number of nitrogens with one attached hydrogen (secondary N) is 1. The lowest BCUT2D eigenvalue weighted by atomic mass is 10.1. The van der Waals surface area contributed by atoms with Gasteiger partial charge in [0.2, 0.25) is 0 Å². The van der Waals surface area contributed by atoms with Crippen molar-refractivity contribution in [1.82, 2.24) is 0 Å². The van der Waals surface area contributed by atoms with Gasteiger partial charge in [0.25, 0.3) is 10.0 Å². The highest BCUT2D eigenvalue weighted by Gasteiger charge is 2.13. The molecule has 0 unspecified atom stereocenters. The van der Waals surface area contributed by atoms with Crippen molar-refractivity contribution in [2.45, 2.75) is 24.7 Å². The second kappa shape index (κ2) is 6.62. The molecule has 0 saturated heterocycles. The highest BCUT2D eigenvalue weighted by molar-refractivity contribution is 7.92. The van der Waals surface area contributed by atoms with Crippen LogP contribution in [0.2, 0.25) is 0 Å². The van der Waals surface area contributed by atoms with Gasteiger partial charge >= 0.3 is 5.97 Å². The van der Waals surface area contributed by atoms with Crippen molar-refractivity contribution in [3.8, 4) is 0 Å². The fourth-order valence-corrected chi connectivity index (χ4v) is 2.98. The first-order valence-electron chi connectivity index (χ1n) is 6.77. The van der Waals surface area contributed by atoms with Crippen LogP contribution in [-0.4, -0.2) is 19.5 Å². The lowest BCUT2D eigenvalue weighted by Gasteiger charge is -2.09. The summed E-state index contributed by atoms with van der Waals surface area (Å²) in [6, 6.07) is 13.3. The summed E-state index contributed by atoms with van der Waals surface area (Å²) in [6.07, 6.45) is 0.467. The summed E-state index contributed by atoms with van der Waals surface area (Å²) in [5.41, 5.74) is 2.28. The van der Waals surface area contributed by atoms with Gasteiger partial charge in [0.1, 0.15) is 0 Å². The second-order valence-corrected chi connectivity index (χ2v) is 6.69. The largest absolute Gasteiger partial charge is 0.481 e. The molecule has 6 heteroatoms. The van der Waals surface area contributed by atoms with E-state index in [1.165, 1.54) is 0 Å². The number of anilines is 1. The smallest absolute Gasteiger partial charge is 0.303 e. The lowest BCUT2D eigenvalue weighted by molar-refractivity contribution is -0.136. The first-order valence-corrected chi connectivity index (χ1v) is 8.25.